The first-order chi connectivity index (χ1) is 12.7. The minimum atomic E-state index is -0.792. The molecule has 0 radical (unpaired) electrons. The number of amides is 1. The number of piperidine rings is 1. The van der Waals surface area contributed by atoms with E-state index in [9.17, 15) is 9.59 Å². The van der Waals surface area contributed by atoms with Gasteiger partial charge in [0.25, 0.3) is 5.91 Å². The quantitative estimate of drug-likeness (QED) is 0.863. The number of halogens is 1. The van der Waals surface area contributed by atoms with Crippen LogP contribution < -0.4 is 0 Å². The molecule has 2 heterocycles. The molecule has 0 aliphatic carbocycles. The highest BCUT2D eigenvalue weighted by molar-refractivity contribution is 6.33. The van der Waals surface area contributed by atoms with E-state index in [1.54, 1.807) is 21.8 Å². The van der Waals surface area contributed by atoms with Crippen molar-refractivity contribution in [3.05, 3.63) is 41.0 Å². The number of carboxylic acid groups (broad SMARTS) is 1. The van der Waals surface area contributed by atoms with E-state index in [1.807, 2.05) is 39.0 Å². The largest absolute Gasteiger partial charge is 0.481 e. The first-order valence-corrected chi connectivity index (χ1v) is 9.43. The number of carbonyl (C=O) groups is 2. The molecule has 1 N–H and O–H groups in total. The maximum Gasteiger partial charge on any atom is 0.306 e. The van der Waals surface area contributed by atoms with Crippen molar-refractivity contribution in [3.8, 4) is 11.3 Å². The predicted octanol–water partition coefficient (Wildman–Crippen LogP) is 3.90. The molecular weight excluding hydrogens is 366 g/mol. The summed E-state index contributed by atoms with van der Waals surface area (Å²) in [6, 6.07) is 7.33. The second-order valence-electron chi connectivity index (χ2n) is 7.89. The van der Waals surface area contributed by atoms with Crippen LogP contribution in [0.1, 0.15) is 44.0 Å². The maximum atomic E-state index is 13.2. The molecule has 1 aliphatic heterocycles. The number of hydrogen-bond donors (Lipinski definition) is 1. The van der Waals surface area contributed by atoms with Gasteiger partial charge in [0.1, 0.15) is 5.69 Å². The molecule has 1 fully saturated rings. The second kappa shape index (κ2) is 7.35. The Bertz CT molecular complexity index is 862. The van der Waals surface area contributed by atoms with Crippen molar-refractivity contribution in [3.63, 3.8) is 0 Å². The van der Waals surface area contributed by atoms with Crippen molar-refractivity contribution in [2.45, 2.75) is 39.2 Å². The lowest BCUT2D eigenvalue weighted by molar-refractivity contribution is -0.143. The fraction of sp³-hybridized carbons (Fsp3) is 0.450. The van der Waals surface area contributed by atoms with Gasteiger partial charge in [-0.1, -0.05) is 29.8 Å². The minimum absolute atomic E-state index is 0.135. The van der Waals surface area contributed by atoms with Gasteiger partial charge in [-0.3, -0.25) is 14.3 Å². The SMILES string of the molecule is CC(C)(C)n1cc(C(=O)N2CCC(C(=O)O)CC2)c(-c2ccccc2Cl)n1. The molecule has 1 amide bonds. The Morgan fingerprint density at radius 2 is 1.81 bits per heavy atom. The van der Waals surface area contributed by atoms with Gasteiger partial charge in [-0.25, -0.2) is 0 Å². The van der Waals surface area contributed by atoms with Crippen molar-refractivity contribution in [2.24, 2.45) is 5.92 Å². The van der Waals surface area contributed by atoms with E-state index < -0.39 is 5.97 Å². The van der Waals surface area contributed by atoms with Crippen LogP contribution >= 0.6 is 11.6 Å². The molecule has 1 aromatic carbocycles. The molecule has 0 unspecified atom stereocenters. The Hall–Kier alpha value is -2.34. The van der Waals surface area contributed by atoms with Crippen LogP contribution in [0, 0.1) is 5.92 Å². The normalized spacial score (nSPS) is 15.8. The number of carboxylic acids is 1. The molecule has 6 nitrogen and oxygen atoms in total. The zero-order valence-electron chi connectivity index (χ0n) is 15.8. The Morgan fingerprint density at radius 3 is 2.37 bits per heavy atom. The molecule has 0 spiro atoms. The molecule has 0 atom stereocenters. The lowest BCUT2D eigenvalue weighted by Crippen LogP contribution is -2.40. The third-order valence-corrected chi connectivity index (χ3v) is 5.22. The van der Waals surface area contributed by atoms with Gasteiger partial charge in [0.2, 0.25) is 0 Å². The average Bonchev–Trinajstić information content (AvgIpc) is 3.07. The average molecular weight is 390 g/mol. The molecule has 0 bridgehead atoms. The van der Waals surface area contributed by atoms with E-state index in [4.69, 9.17) is 16.7 Å². The fourth-order valence-electron chi connectivity index (χ4n) is 3.23. The maximum absolute atomic E-state index is 13.2. The zero-order chi connectivity index (χ0) is 19.8. The number of carbonyl (C=O) groups excluding carboxylic acids is 1. The van der Waals surface area contributed by atoms with Gasteiger partial charge in [0.15, 0.2) is 0 Å². The summed E-state index contributed by atoms with van der Waals surface area (Å²) in [6.07, 6.45) is 2.70. The van der Waals surface area contributed by atoms with Crippen molar-refractivity contribution < 1.29 is 14.7 Å². The van der Waals surface area contributed by atoms with E-state index in [0.29, 0.717) is 47.8 Å². The second-order valence-corrected chi connectivity index (χ2v) is 8.30. The first-order valence-electron chi connectivity index (χ1n) is 9.05. The van der Waals surface area contributed by atoms with Gasteiger partial charge in [0, 0.05) is 24.8 Å². The van der Waals surface area contributed by atoms with E-state index in [2.05, 4.69) is 5.10 Å². The van der Waals surface area contributed by atoms with E-state index in [1.165, 1.54) is 0 Å². The van der Waals surface area contributed by atoms with E-state index in [0.717, 1.165) is 0 Å². The summed E-state index contributed by atoms with van der Waals surface area (Å²) >= 11 is 6.36. The Kier molecular flexibility index (Phi) is 5.29. The summed E-state index contributed by atoms with van der Waals surface area (Å²) in [5.41, 5.74) is 1.48. The Labute approximate surface area is 163 Å². The van der Waals surface area contributed by atoms with Crippen LogP contribution in [0.2, 0.25) is 5.02 Å². The van der Waals surface area contributed by atoms with Crippen LogP contribution in [0.4, 0.5) is 0 Å². The van der Waals surface area contributed by atoms with Crippen LogP contribution in [-0.2, 0) is 10.3 Å². The number of aromatic nitrogens is 2. The van der Waals surface area contributed by atoms with Gasteiger partial charge >= 0.3 is 5.97 Å². The molecule has 3 rings (SSSR count). The summed E-state index contributed by atoms with van der Waals surface area (Å²) in [7, 11) is 0. The lowest BCUT2D eigenvalue weighted by Gasteiger charge is -2.30. The zero-order valence-corrected chi connectivity index (χ0v) is 16.5. The van der Waals surface area contributed by atoms with E-state index in [-0.39, 0.29) is 17.4 Å². The molecule has 1 saturated heterocycles. The minimum Gasteiger partial charge on any atom is -0.481 e. The predicted molar refractivity (Wildman–Crippen MR) is 104 cm³/mol. The van der Waals surface area contributed by atoms with Crippen molar-refractivity contribution >= 4 is 23.5 Å². The summed E-state index contributed by atoms with van der Waals surface area (Å²) < 4.78 is 1.78. The fourth-order valence-corrected chi connectivity index (χ4v) is 3.45. The van der Waals surface area contributed by atoms with Crippen LogP contribution in [0.5, 0.6) is 0 Å². The molecular formula is C20H24ClN3O3. The van der Waals surface area contributed by atoms with Gasteiger partial charge < -0.3 is 10.0 Å². The summed E-state index contributed by atoms with van der Waals surface area (Å²) in [4.78, 5) is 26.1. The van der Waals surface area contributed by atoms with Gasteiger partial charge in [0.05, 0.1) is 22.0 Å². The topological polar surface area (TPSA) is 75.4 Å². The number of rotatable bonds is 3. The van der Waals surface area contributed by atoms with Crippen molar-refractivity contribution in [1.82, 2.24) is 14.7 Å². The Balaban J connectivity index is 1.97. The molecule has 1 aromatic heterocycles. The van der Waals surface area contributed by atoms with Gasteiger partial charge in [-0.15, -0.1) is 0 Å². The molecule has 7 heteroatoms. The number of nitrogens with zero attached hydrogens (tertiary/aromatic N) is 3. The highest BCUT2D eigenvalue weighted by atomic mass is 35.5. The monoisotopic (exact) mass is 389 g/mol. The standard InChI is InChI=1S/C20H24ClN3O3/c1-20(2,3)24-12-15(17(22-24)14-6-4-5-7-16(14)21)18(25)23-10-8-13(9-11-23)19(26)27/h4-7,12-13H,8-11H2,1-3H3,(H,26,27). The molecule has 27 heavy (non-hydrogen) atoms. The van der Waals surface area contributed by atoms with Crippen LogP contribution in [0.3, 0.4) is 0 Å². The Morgan fingerprint density at radius 1 is 1.19 bits per heavy atom. The number of benzene rings is 1. The van der Waals surface area contributed by atoms with E-state index >= 15 is 0 Å². The van der Waals surface area contributed by atoms with Crippen molar-refractivity contribution in [1.29, 1.82) is 0 Å². The van der Waals surface area contributed by atoms with Crippen LogP contribution in [-0.4, -0.2) is 44.8 Å². The summed E-state index contributed by atoms with van der Waals surface area (Å²) in [5.74, 6) is -1.31. The van der Waals surface area contributed by atoms with Crippen molar-refractivity contribution in [2.75, 3.05) is 13.1 Å². The van der Waals surface area contributed by atoms with Gasteiger partial charge in [-0.2, -0.15) is 5.10 Å². The molecule has 0 saturated carbocycles. The third-order valence-electron chi connectivity index (χ3n) is 4.89. The molecule has 1 aliphatic rings. The van der Waals surface area contributed by atoms with Crippen LogP contribution in [0.25, 0.3) is 11.3 Å². The highest BCUT2D eigenvalue weighted by Gasteiger charge is 2.31. The smallest absolute Gasteiger partial charge is 0.306 e. The summed E-state index contributed by atoms with van der Waals surface area (Å²) in [5, 5.41) is 14.4. The molecule has 144 valence electrons. The summed E-state index contributed by atoms with van der Waals surface area (Å²) in [6.45, 7) is 6.91. The number of likely N-dealkylation sites (tertiary alicyclic amines) is 1. The highest BCUT2D eigenvalue weighted by Crippen LogP contribution is 2.32. The van der Waals surface area contributed by atoms with Crippen LogP contribution in [0.15, 0.2) is 30.5 Å². The molecule has 2 aromatic rings. The first kappa shape index (κ1) is 19.4. The number of hydrogen-bond acceptors (Lipinski definition) is 3. The number of aliphatic carboxylic acids is 1. The third kappa shape index (κ3) is 4.00. The van der Waals surface area contributed by atoms with Gasteiger partial charge in [-0.05, 0) is 39.7 Å². The lowest BCUT2D eigenvalue weighted by atomic mass is 9.96.